The van der Waals surface area contributed by atoms with Gasteiger partial charge in [0.25, 0.3) is 11.8 Å². The third-order valence-corrected chi connectivity index (χ3v) is 4.09. The van der Waals surface area contributed by atoms with Crippen LogP contribution < -0.4 is 21.3 Å². The molecular weight excluding hydrogens is 488 g/mol. The standard InChI is InChI=1S/C20H24N6O5.C4H10.C3H8/c1-12-8-15(26-25-12)19(30)23-11-17(28)24-13(2)18(29)22-10-16(27)20(31)21-9-14-6-4-3-5-7-14;1-4(2)3;1-3-2/h3-8,13H,9-11H2,1-2H3,(H,21,31)(H,22,29)(H,23,30)(H,24,28)(H,25,26);4H,1-3H3;3H2,1-2H3. The van der Waals surface area contributed by atoms with Crippen LogP contribution in [0, 0.1) is 12.8 Å². The summed E-state index contributed by atoms with van der Waals surface area (Å²) >= 11 is 0. The first-order valence-corrected chi connectivity index (χ1v) is 12.6. The number of carbonyl (C=O) groups is 5. The van der Waals surface area contributed by atoms with E-state index in [4.69, 9.17) is 0 Å². The Morgan fingerprint density at radius 1 is 0.895 bits per heavy atom. The van der Waals surface area contributed by atoms with Crippen LogP contribution in [-0.2, 0) is 25.7 Å². The first-order valence-electron chi connectivity index (χ1n) is 12.6. The van der Waals surface area contributed by atoms with Gasteiger partial charge in [0.1, 0.15) is 11.7 Å². The Labute approximate surface area is 224 Å². The molecule has 2 rings (SSSR count). The highest BCUT2D eigenvalue weighted by Crippen LogP contribution is 1.98. The second-order valence-corrected chi connectivity index (χ2v) is 9.16. The smallest absolute Gasteiger partial charge is 0.289 e. The largest absolute Gasteiger partial charge is 0.347 e. The van der Waals surface area contributed by atoms with Gasteiger partial charge in [-0.05, 0) is 31.4 Å². The van der Waals surface area contributed by atoms with Gasteiger partial charge in [-0.3, -0.25) is 29.1 Å². The lowest BCUT2D eigenvalue weighted by Crippen LogP contribution is -2.49. The van der Waals surface area contributed by atoms with Crippen LogP contribution in [0.2, 0.25) is 0 Å². The molecule has 0 aliphatic heterocycles. The van der Waals surface area contributed by atoms with Crippen LogP contribution in [0.1, 0.15) is 69.7 Å². The van der Waals surface area contributed by atoms with Gasteiger partial charge in [-0.1, -0.05) is 71.4 Å². The number of ketones is 1. The highest BCUT2D eigenvalue weighted by atomic mass is 16.2. The number of hydrogen-bond acceptors (Lipinski definition) is 6. The zero-order valence-corrected chi connectivity index (χ0v) is 23.4. The van der Waals surface area contributed by atoms with Gasteiger partial charge in [-0.2, -0.15) is 5.10 Å². The summed E-state index contributed by atoms with van der Waals surface area (Å²) in [5, 5.41) is 15.9. The summed E-state index contributed by atoms with van der Waals surface area (Å²) in [6, 6.07) is 9.60. The zero-order chi connectivity index (χ0) is 29.1. The minimum Gasteiger partial charge on any atom is -0.347 e. The topological polar surface area (TPSA) is 162 Å². The lowest BCUT2D eigenvalue weighted by atomic mass is 10.2. The summed E-state index contributed by atoms with van der Waals surface area (Å²) in [7, 11) is 0. The maximum absolute atomic E-state index is 12.0. The predicted octanol–water partition coefficient (Wildman–Crippen LogP) is 2.03. The Morgan fingerprint density at radius 3 is 2.00 bits per heavy atom. The van der Waals surface area contributed by atoms with E-state index >= 15 is 0 Å². The molecule has 0 bridgehead atoms. The molecule has 0 aliphatic carbocycles. The van der Waals surface area contributed by atoms with E-state index in [9.17, 15) is 24.0 Å². The summed E-state index contributed by atoms with van der Waals surface area (Å²) in [6.07, 6.45) is 1.25. The van der Waals surface area contributed by atoms with E-state index < -0.39 is 42.0 Å². The number of rotatable bonds is 10. The van der Waals surface area contributed by atoms with Crippen LogP contribution in [0.15, 0.2) is 36.4 Å². The SMILES string of the molecule is CC(C)C.CCC.Cc1cc(C(=O)NCC(=O)NC(C)C(=O)NCC(=O)C(=O)NCc2ccccc2)n[nH]1. The summed E-state index contributed by atoms with van der Waals surface area (Å²) in [6.45, 7) is 13.2. The fourth-order valence-electron chi connectivity index (χ4n) is 2.42. The summed E-state index contributed by atoms with van der Waals surface area (Å²) in [4.78, 5) is 59.4. The Morgan fingerprint density at radius 2 is 1.47 bits per heavy atom. The van der Waals surface area contributed by atoms with E-state index in [-0.39, 0.29) is 18.8 Å². The van der Waals surface area contributed by atoms with Crippen LogP contribution in [0.5, 0.6) is 0 Å². The molecule has 0 spiro atoms. The third-order valence-electron chi connectivity index (χ3n) is 4.09. The molecule has 1 atom stereocenters. The summed E-state index contributed by atoms with van der Waals surface area (Å²) < 4.78 is 0. The number of amides is 4. The molecule has 4 amide bonds. The minimum absolute atomic E-state index is 0.139. The van der Waals surface area contributed by atoms with Crippen LogP contribution in [0.4, 0.5) is 0 Å². The van der Waals surface area contributed by atoms with Gasteiger partial charge in [-0.15, -0.1) is 0 Å². The number of carbonyl (C=O) groups excluding carboxylic acids is 5. The van der Waals surface area contributed by atoms with E-state index in [0.717, 1.165) is 11.5 Å². The van der Waals surface area contributed by atoms with Crippen LogP contribution in [-0.4, -0.2) is 58.7 Å². The molecule has 0 aliphatic rings. The fraction of sp³-hybridized carbons (Fsp3) is 0.481. The van der Waals surface area contributed by atoms with Crippen molar-refractivity contribution < 1.29 is 24.0 Å². The lowest BCUT2D eigenvalue weighted by Gasteiger charge is -2.14. The first kappa shape index (κ1) is 34.0. The van der Waals surface area contributed by atoms with Crippen molar-refractivity contribution in [2.45, 2.75) is 67.5 Å². The minimum atomic E-state index is -0.975. The maximum Gasteiger partial charge on any atom is 0.289 e. The number of aromatic nitrogens is 2. The second kappa shape index (κ2) is 19.1. The molecule has 0 fully saturated rings. The summed E-state index contributed by atoms with van der Waals surface area (Å²) in [5.41, 5.74) is 1.67. The van der Waals surface area contributed by atoms with E-state index in [1.807, 2.05) is 18.2 Å². The van der Waals surface area contributed by atoms with Crippen molar-refractivity contribution in [3.05, 3.63) is 53.3 Å². The molecule has 1 aromatic heterocycles. The number of benzene rings is 1. The van der Waals surface area contributed by atoms with Crippen LogP contribution >= 0.6 is 0 Å². The predicted molar refractivity (Wildman–Crippen MR) is 146 cm³/mol. The highest BCUT2D eigenvalue weighted by Gasteiger charge is 2.19. The molecule has 0 saturated heterocycles. The lowest BCUT2D eigenvalue weighted by molar-refractivity contribution is -0.138. The van der Waals surface area contributed by atoms with Gasteiger partial charge in [-0.25, -0.2) is 0 Å². The zero-order valence-electron chi connectivity index (χ0n) is 23.4. The molecule has 1 unspecified atom stereocenters. The van der Waals surface area contributed by atoms with E-state index in [2.05, 4.69) is 66.1 Å². The fourth-order valence-corrected chi connectivity index (χ4v) is 2.42. The van der Waals surface area contributed by atoms with Gasteiger partial charge in [0, 0.05) is 12.2 Å². The van der Waals surface area contributed by atoms with Crippen molar-refractivity contribution in [1.29, 1.82) is 0 Å². The average molecular weight is 531 g/mol. The number of nitrogens with zero attached hydrogens (tertiary/aromatic N) is 1. The van der Waals surface area contributed by atoms with Gasteiger partial charge in [0.15, 0.2) is 0 Å². The Bertz CT molecular complexity index is 1020. The van der Waals surface area contributed by atoms with Gasteiger partial charge in [0.05, 0.1) is 13.1 Å². The molecule has 0 saturated carbocycles. The number of aromatic amines is 1. The van der Waals surface area contributed by atoms with Crippen LogP contribution in [0.3, 0.4) is 0 Å². The molecule has 11 nitrogen and oxygen atoms in total. The Balaban J connectivity index is 0.00000175. The number of hydrogen-bond donors (Lipinski definition) is 5. The number of H-pyrrole nitrogens is 1. The van der Waals surface area contributed by atoms with E-state index in [1.165, 1.54) is 19.4 Å². The average Bonchev–Trinajstić information content (AvgIpc) is 3.31. The monoisotopic (exact) mass is 530 g/mol. The van der Waals surface area contributed by atoms with Crippen molar-refractivity contribution in [3.8, 4) is 0 Å². The second-order valence-electron chi connectivity index (χ2n) is 9.16. The van der Waals surface area contributed by atoms with Crippen molar-refractivity contribution in [2.75, 3.05) is 13.1 Å². The molecule has 210 valence electrons. The number of nitrogens with one attached hydrogen (secondary N) is 5. The third kappa shape index (κ3) is 15.9. The molecule has 0 radical (unpaired) electrons. The maximum atomic E-state index is 12.0. The molecule has 2 aromatic rings. The quantitative estimate of drug-likeness (QED) is 0.295. The summed E-state index contributed by atoms with van der Waals surface area (Å²) in [5.74, 6) is -2.59. The molecule has 1 aromatic carbocycles. The van der Waals surface area contributed by atoms with Crippen molar-refractivity contribution in [2.24, 2.45) is 5.92 Å². The highest BCUT2D eigenvalue weighted by molar-refractivity contribution is 6.37. The molecule has 38 heavy (non-hydrogen) atoms. The van der Waals surface area contributed by atoms with Gasteiger partial charge >= 0.3 is 0 Å². The Kier molecular flexibility index (Phi) is 17.1. The van der Waals surface area contributed by atoms with Crippen LogP contribution in [0.25, 0.3) is 0 Å². The normalized spacial score (nSPS) is 10.5. The first-order chi connectivity index (χ1) is 17.9. The van der Waals surface area contributed by atoms with Crippen molar-refractivity contribution in [3.63, 3.8) is 0 Å². The van der Waals surface area contributed by atoms with Gasteiger partial charge in [0.2, 0.25) is 17.6 Å². The Hall–Kier alpha value is -4.02. The number of Topliss-reactive ketones (excluding diaryl/α,β-unsaturated/α-hetero) is 1. The van der Waals surface area contributed by atoms with Crippen molar-refractivity contribution in [1.82, 2.24) is 31.5 Å². The molecule has 1 heterocycles. The van der Waals surface area contributed by atoms with Gasteiger partial charge < -0.3 is 21.3 Å². The van der Waals surface area contributed by atoms with Crippen molar-refractivity contribution >= 4 is 29.4 Å². The van der Waals surface area contributed by atoms with E-state index in [1.54, 1.807) is 19.1 Å². The van der Waals surface area contributed by atoms with E-state index in [0.29, 0.717) is 5.69 Å². The molecular formula is C27H42N6O5. The molecule has 5 N–H and O–H groups in total. The number of aryl methyl sites for hydroxylation is 1. The molecule has 11 heteroatoms.